The largest absolute Gasteiger partial charge is 0.338 e. The van der Waals surface area contributed by atoms with Gasteiger partial charge in [0.1, 0.15) is 0 Å². The molecule has 0 bridgehead atoms. The number of sulfonamides is 1. The van der Waals surface area contributed by atoms with Crippen molar-refractivity contribution in [3.8, 4) is 0 Å². The molecule has 0 aromatic heterocycles. The highest BCUT2D eigenvalue weighted by Crippen LogP contribution is 2.37. The molecule has 1 amide bonds. The van der Waals surface area contributed by atoms with E-state index in [2.05, 4.69) is 9.71 Å². The number of likely N-dealkylation sites (tertiary alicyclic amines) is 1. The van der Waals surface area contributed by atoms with Crippen LogP contribution in [0.5, 0.6) is 0 Å². The minimum atomic E-state index is -3.48. The minimum Gasteiger partial charge on any atom is -0.338 e. The van der Waals surface area contributed by atoms with Gasteiger partial charge in [0.25, 0.3) is 15.9 Å². The van der Waals surface area contributed by atoms with Crippen molar-refractivity contribution in [3.63, 3.8) is 0 Å². The Bertz CT molecular complexity index is 737. The number of rotatable bonds is 1. The highest BCUT2D eigenvalue weighted by atomic mass is 32.2. The Labute approximate surface area is 142 Å². The third kappa shape index (κ3) is 2.77. The Balaban J connectivity index is 1.53. The lowest BCUT2D eigenvalue weighted by Crippen LogP contribution is -2.47. The number of hydrogen-bond donors (Lipinski definition) is 1. The maximum Gasteiger partial charge on any atom is 0.257 e. The Morgan fingerprint density at radius 1 is 1.21 bits per heavy atom. The summed E-state index contributed by atoms with van der Waals surface area (Å²) >= 11 is 0. The van der Waals surface area contributed by atoms with Crippen LogP contribution in [0.25, 0.3) is 0 Å². The van der Waals surface area contributed by atoms with Crippen LogP contribution in [0.3, 0.4) is 0 Å². The lowest BCUT2D eigenvalue weighted by atomic mass is 9.77. The second kappa shape index (κ2) is 5.70. The lowest BCUT2D eigenvalue weighted by Gasteiger charge is -2.40. The standard InChI is InChI=1S/C16H22N4O3S/c21-15(20-8-4-16(5-9-20)3-6-17-12-16)13-2-1-7-19-10-11-24(22,23)18-14(13)19/h1-2,7,17H,3-6,8-12H2. The maximum atomic E-state index is 12.9. The number of amidine groups is 1. The van der Waals surface area contributed by atoms with E-state index >= 15 is 0 Å². The summed E-state index contributed by atoms with van der Waals surface area (Å²) in [5, 5.41) is 3.42. The summed E-state index contributed by atoms with van der Waals surface area (Å²) in [7, 11) is -3.48. The van der Waals surface area contributed by atoms with Gasteiger partial charge >= 0.3 is 0 Å². The molecule has 1 N–H and O–H groups in total. The van der Waals surface area contributed by atoms with Crippen molar-refractivity contribution in [2.75, 3.05) is 38.5 Å². The Morgan fingerprint density at radius 3 is 2.71 bits per heavy atom. The molecule has 2 fully saturated rings. The molecule has 4 aliphatic rings. The average molecular weight is 350 g/mol. The van der Waals surface area contributed by atoms with Crippen molar-refractivity contribution in [1.29, 1.82) is 0 Å². The van der Waals surface area contributed by atoms with E-state index < -0.39 is 10.0 Å². The number of carbonyl (C=O) groups excluding carboxylic acids is 1. The molecule has 1 spiro atoms. The molecule has 4 heterocycles. The molecule has 130 valence electrons. The summed E-state index contributed by atoms with van der Waals surface area (Å²) in [6.45, 7) is 3.90. The Morgan fingerprint density at radius 2 is 2.00 bits per heavy atom. The molecule has 4 aliphatic heterocycles. The Kier molecular flexibility index (Phi) is 3.76. The van der Waals surface area contributed by atoms with E-state index in [4.69, 9.17) is 0 Å². The van der Waals surface area contributed by atoms with Gasteiger partial charge in [0.15, 0.2) is 5.84 Å². The van der Waals surface area contributed by atoms with E-state index in [0.717, 1.165) is 39.0 Å². The third-order valence-corrected chi connectivity index (χ3v) is 6.68. The van der Waals surface area contributed by atoms with E-state index in [9.17, 15) is 13.2 Å². The zero-order valence-corrected chi connectivity index (χ0v) is 14.4. The van der Waals surface area contributed by atoms with Crippen molar-refractivity contribution >= 4 is 21.8 Å². The summed E-state index contributed by atoms with van der Waals surface area (Å²) in [6, 6.07) is 0. The van der Waals surface area contributed by atoms with Gasteiger partial charge in [-0.25, -0.2) is 8.42 Å². The fourth-order valence-electron chi connectivity index (χ4n) is 3.96. The van der Waals surface area contributed by atoms with Gasteiger partial charge in [-0.2, -0.15) is 0 Å². The highest BCUT2D eigenvalue weighted by Gasteiger charge is 2.39. The summed E-state index contributed by atoms with van der Waals surface area (Å²) < 4.78 is 27.5. The van der Waals surface area contributed by atoms with Crippen molar-refractivity contribution in [3.05, 3.63) is 23.9 Å². The number of allylic oxidation sites excluding steroid dienone is 2. The molecule has 2 saturated heterocycles. The first-order valence-corrected chi connectivity index (χ1v) is 10.1. The fourth-order valence-corrected chi connectivity index (χ4v) is 4.95. The topological polar surface area (TPSA) is 82.1 Å². The van der Waals surface area contributed by atoms with E-state index in [-0.39, 0.29) is 17.5 Å². The smallest absolute Gasteiger partial charge is 0.257 e. The third-order valence-electron chi connectivity index (χ3n) is 5.53. The molecule has 0 aromatic carbocycles. The predicted molar refractivity (Wildman–Crippen MR) is 90.9 cm³/mol. The molecule has 24 heavy (non-hydrogen) atoms. The van der Waals surface area contributed by atoms with Crippen LogP contribution in [-0.4, -0.2) is 68.4 Å². The molecule has 0 saturated carbocycles. The van der Waals surface area contributed by atoms with Gasteiger partial charge in [-0.1, -0.05) is 0 Å². The molecule has 0 unspecified atom stereocenters. The first-order valence-electron chi connectivity index (χ1n) is 8.46. The fraction of sp³-hybridized carbons (Fsp3) is 0.625. The first-order chi connectivity index (χ1) is 11.5. The molecule has 0 aromatic rings. The molecule has 0 aliphatic carbocycles. The monoisotopic (exact) mass is 350 g/mol. The van der Waals surface area contributed by atoms with Crippen LogP contribution in [-0.2, 0) is 14.8 Å². The van der Waals surface area contributed by atoms with Gasteiger partial charge in [0.2, 0.25) is 0 Å². The van der Waals surface area contributed by atoms with Crippen molar-refractivity contribution in [2.45, 2.75) is 19.3 Å². The van der Waals surface area contributed by atoms with Crippen LogP contribution in [0.2, 0.25) is 0 Å². The molecule has 8 heteroatoms. The molecule has 7 nitrogen and oxygen atoms in total. The van der Waals surface area contributed by atoms with Crippen LogP contribution in [0.15, 0.2) is 28.3 Å². The maximum absolute atomic E-state index is 12.9. The van der Waals surface area contributed by atoms with Gasteiger partial charge in [-0.15, -0.1) is 4.40 Å². The van der Waals surface area contributed by atoms with Crippen LogP contribution >= 0.6 is 0 Å². The number of fused-ring (bicyclic) bond motifs is 1. The summed E-state index contributed by atoms with van der Waals surface area (Å²) in [6.07, 6.45) is 8.43. The van der Waals surface area contributed by atoms with Crippen LogP contribution in [0.4, 0.5) is 0 Å². The molecule has 0 atom stereocenters. The van der Waals surface area contributed by atoms with Gasteiger partial charge in [-0.3, -0.25) is 4.79 Å². The highest BCUT2D eigenvalue weighted by molar-refractivity contribution is 7.90. The quantitative estimate of drug-likeness (QED) is 0.725. The number of piperidine rings is 1. The van der Waals surface area contributed by atoms with Crippen molar-refractivity contribution in [2.24, 2.45) is 9.81 Å². The number of hydrogen-bond acceptors (Lipinski definition) is 5. The summed E-state index contributed by atoms with van der Waals surface area (Å²) in [4.78, 5) is 16.5. The average Bonchev–Trinajstić information content (AvgIpc) is 3.02. The van der Waals surface area contributed by atoms with Crippen LogP contribution in [0, 0.1) is 5.41 Å². The number of nitrogens with zero attached hydrogens (tertiary/aromatic N) is 3. The lowest BCUT2D eigenvalue weighted by molar-refractivity contribution is -0.128. The van der Waals surface area contributed by atoms with E-state index in [1.807, 2.05) is 4.90 Å². The van der Waals surface area contributed by atoms with Crippen molar-refractivity contribution in [1.82, 2.24) is 15.1 Å². The molecule has 4 rings (SSSR count). The van der Waals surface area contributed by atoms with Gasteiger partial charge in [0, 0.05) is 32.4 Å². The zero-order valence-electron chi connectivity index (χ0n) is 13.6. The van der Waals surface area contributed by atoms with Gasteiger partial charge < -0.3 is 15.1 Å². The Hall–Kier alpha value is -1.67. The van der Waals surface area contributed by atoms with E-state index in [1.165, 1.54) is 6.42 Å². The second-order valence-electron chi connectivity index (χ2n) is 7.04. The van der Waals surface area contributed by atoms with Crippen LogP contribution in [0.1, 0.15) is 19.3 Å². The number of carbonyl (C=O) groups is 1. The SMILES string of the molecule is O=C(C1=CC=CN2CCS(=O)(=O)N=C12)N1CCC2(CCNC2)CC1. The molecule has 0 radical (unpaired) electrons. The van der Waals surface area contributed by atoms with Gasteiger partial charge in [0.05, 0.1) is 11.3 Å². The van der Waals surface area contributed by atoms with E-state index in [1.54, 1.807) is 23.3 Å². The molecular weight excluding hydrogens is 328 g/mol. The predicted octanol–water partition coefficient (Wildman–Crippen LogP) is 0.0861. The van der Waals surface area contributed by atoms with Crippen molar-refractivity contribution < 1.29 is 13.2 Å². The second-order valence-corrected chi connectivity index (χ2v) is 8.79. The number of nitrogens with one attached hydrogen (secondary N) is 1. The first kappa shape index (κ1) is 15.8. The van der Waals surface area contributed by atoms with Gasteiger partial charge in [-0.05, 0) is 43.4 Å². The summed E-state index contributed by atoms with van der Waals surface area (Å²) in [5.41, 5.74) is 0.733. The van der Waals surface area contributed by atoms with E-state index in [0.29, 0.717) is 17.5 Å². The molecular formula is C16H22N4O3S. The zero-order chi connectivity index (χ0) is 16.8. The normalized spacial score (nSPS) is 27.7. The van der Waals surface area contributed by atoms with Crippen LogP contribution < -0.4 is 5.32 Å². The minimum absolute atomic E-state index is 0.0124. The summed E-state index contributed by atoms with van der Waals surface area (Å²) in [5.74, 6) is 0.152. The number of amides is 1.